The van der Waals surface area contributed by atoms with E-state index in [0.29, 0.717) is 0 Å². The van der Waals surface area contributed by atoms with Gasteiger partial charge >= 0.3 is 0 Å². The molecule has 0 bridgehead atoms. The quantitative estimate of drug-likeness (QED) is 0.747. The maximum atomic E-state index is 3.48. The van der Waals surface area contributed by atoms with Crippen LogP contribution in [0.1, 0.15) is 39.0 Å². The molecule has 0 amide bonds. The van der Waals surface area contributed by atoms with Crippen LogP contribution >= 0.6 is 0 Å². The molecular weight excluding hydrogens is 184 g/mol. The van der Waals surface area contributed by atoms with Gasteiger partial charge in [-0.1, -0.05) is 26.2 Å². The monoisotopic (exact) mass is 210 g/mol. The van der Waals surface area contributed by atoms with Crippen molar-refractivity contribution < 1.29 is 0 Å². The van der Waals surface area contributed by atoms with Crippen molar-refractivity contribution in [2.45, 2.75) is 45.1 Å². The lowest BCUT2D eigenvalue weighted by Gasteiger charge is -2.38. The smallest absolute Gasteiger partial charge is 0.0117 e. The average molecular weight is 210 g/mol. The lowest BCUT2D eigenvalue weighted by Crippen LogP contribution is -2.48. The van der Waals surface area contributed by atoms with Gasteiger partial charge in [0, 0.05) is 12.6 Å². The molecule has 0 spiro atoms. The summed E-state index contributed by atoms with van der Waals surface area (Å²) in [5.74, 6) is 1.97. The molecule has 2 atom stereocenters. The van der Waals surface area contributed by atoms with Gasteiger partial charge in [-0.15, -0.1) is 0 Å². The van der Waals surface area contributed by atoms with E-state index in [1.807, 2.05) is 0 Å². The third-order valence-corrected chi connectivity index (χ3v) is 4.26. The van der Waals surface area contributed by atoms with E-state index in [-0.39, 0.29) is 0 Å². The minimum Gasteiger partial charge on any atom is -0.317 e. The first-order valence-corrected chi connectivity index (χ1v) is 6.73. The number of rotatable bonds is 5. The van der Waals surface area contributed by atoms with Gasteiger partial charge in [-0.25, -0.2) is 0 Å². The third kappa shape index (κ3) is 3.18. The van der Waals surface area contributed by atoms with E-state index in [1.54, 1.807) is 0 Å². The van der Waals surface area contributed by atoms with E-state index >= 15 is 0 Å². The first-order valence-electron chi connectivity index (χ1n) is 6.73. The Kier molecular flexibility index (Phi) is 4.04. The van der Waals surface area contributed by atoms with Crippen molar-refractivity contribution in [3.63, 3.8) is 0 Å². The van der Waals surface area contributed by atoms with Crippen LogP contribution in [0.4, 0.5) is 0 Å². The van der Waals surface area contributed by atoms with E-state index in [2.05, 4.69) is 24.2 Å². The molecule has 1 heterocycles. The number of hydrogen-bond donors (Lipinski definition) is 1. The van der Waals surface area contributed by atoms with E-state index in [1.165, 1.54) is 51.7 Å². The van der Waals surface area contributed by atoms with Gasteiger partial charge in [0.1, 0.15) is 0 Å². The molecule has 0 aromatic rings. The Labute approximate surface area is 94.4 Å². The second kappa shape index (κ2) is 5.31. The van der Waals surface area contributed by atoms with Crippen LogP contribution in [0.25, 0.3) is 0 Å². The molecular formula is C13H26N2. The summed E-state index contributed by atoms with van der Waals surface area (Å²) in [5.41, 5.74) is 0. The van der Waals surface area contributed by atoms with Crippen molar-refractivity contribution >= 4 is 0 Å². The van der Waals surface area contributed by atoms with E-state index in [9.17, 15) is 0 Å². The Morgan fingerprint density at radius 1 is 1.27 bits per heavy atom. The fourth-order valence-electron chi connectivity index (χ4n) is 2.88. The zero-order valence-electron chi connectivity index (χ0n) is 10.3. The van der Waals surface area contributed by atoms with Crippen LogP contribution in [0.3, 0.4) is 0 Å². The van der Waals surface area contributed by atoms with Crippen LogP contribution in [0.2, 0.25) is 0 Å². The number of piperidine rings is 1. The minimum atomic E-state index is 0.771. The van der Waals surface area contributed by atoms with Crippen LogP contribution in [0.15, 0.2) is 0 Å². The van der Waals surface area contributed by atoms with Gasteiger partial charge in [-0.3, -0.25) is 0 Å². The van der Waals surface area contributed by atoms with Gasteiger partial charge in [0.05, 0.1) is 0 Å². The molecule has 1 N–H and O–H groups in total. The van der Waals surface area contributed by atoms with Gasteiger partial charge in [-0.2, -0.15) is 0 Å². The van der Waals surface area contributed by atoms with Crippen LogP contribution < -0.4 is 5.32 Å². The zero-order chi connectivity index (χ0) is 10.7. The topological polar surface area (TPSA) is 15.3 Å². The molecule has 0 aromatic carbocycles. The van der Waals surface area contributed by atoms with Crippen molar-refractivity contribution in [1.29, 1.82) is 0 Å². The van der Waals surface area contributed by atoms with E-state index in [4.69, 9.17) is 0 Å². The average Bonchev–Trinajstić information content (AvgIpc) is 3.09. The highest BCUT2D eigenvalue weighted by atomic mass is 15.1. The van der Waals surface area contributed by atoms with E-state index < -0.39 is 0 Å². The molecule has 2 fully saturated rings. The van der Waals surface area contributed by atoms with Gasteiger partial charge in [0.15, 0.2) is 0 Å². The van der Waals surface area contributed by atoms with Crippen LogP contribution in [0, 0.1) is 11.8 Å². The second-order valence-corrected chi connectivity index (χ2v) is 5.38. The normalized spacial score (nSPS) is 33.2. The number of nitrogens with zero attached hydrogens (tertiary/aromatic N) is 1. The van der Waals surface area contributed by atoms with Crippen LogP contribution in [-0.2, 0) is 0 Å². The van der Waals surface area contributed by atoms with E-state index in [0.717, 1.165) is 17.9 Å². The fraction of sp³-hybridized carbons (Fsp3) is 1.00. The zero-order valence-corrected chi connectivity index (χ0v) is 10.3. The van der Waals surface area contributed by atoms with Gasteiger partial charge < -0.3 is 10.2 Å². The summed E-state index contributed by atoms with van der Waals surface area (Å²) in [6.07, 6.45) is 7.14. The molecule has 88 valence electrons. The third-order valence-electron chi connectivity index (χ3n) is 4.26. The number of likely N-dealkylation sites (tertiary alicyclic amines) is 1. The molecule has 1 aliphatic heterocycles. The molecule has 2 heteroatoms. The minimum absolute atomic E-state index is 0.771. The molecule has 2 aliphatic rings. The Morgan fingerprint density at radius 3 is 2.67 bits per heavy atom. The SMILES string of the molecule is CCC1CN(CCC2CC2)CCC1NC. The fourth-order valence-corrected chi connectivity index (χ4v) is 2.88. The Bertz CT molecular complexity index is 189. The maximum Gasteiger partial charge on any atom is 0.0117 e. The van der Waals surface area contributed by atoms with Crippen molar-refractivity contribution in [3.05, 3.63) is 0 Å². The molecule has 1 saturated heterocycles. The van der Waals surface area contributed by atoms with Crippen LogP contribution in [0.5, 0.6) is 0 Å². The summed E-state index contributed by atoms with van der Waals surface area (Å²) in [4.78, 5) is 2.69. The van der Waals surface area contributed by atoms with Crippen molar-refractivity contribution in [2.24, 2.45) is 11.8 Å². The van der Waals surface area contributed by atoms with Crippen molar-refractivity contribution in [3.8, 4) is 0 Å². The predicted molar refractivity (Wildman–Crippen MR) is 65.0 cm³/mol. The molecule has 1 saturated carbocycles. The molecule has 2 nitrogen and oxygen atoms in total. The first kappa shape index (κ1) is 11.4. The number of nitrogens with one attached hydrogen (secondary N) is 1. The Morgan fingerprint density at radius 2 is 2.07 bits per heavy atom. The molecule has 0 aromatic heterocycles. The molecule has 15 heavy (non-hydrogen) atoms. The predicted octanol–water partition coefficient (Wildman–Crippen LogP) is 2.11. The summed E-state index contributed by atoms with van der Waals surface area (Å²) in [7, 11) is 2.12. The summed E-state index contributed by atoms with van der Waals surface area (Å²) >= 11 is 0. The van der Waals surface area contributed by atoms with Crippen molar-refractivity contribution in [1.82, 2.24) is 10.2 Å². The largest absolute Gasteiger partial charge is 0.317 e. The maximum absolute atomic E-state index is 3.48. The molecule has 2 rings (SSSR count). The lowest BCUT2D eigenvalue weighted by molar-refractivity contribution is 0.136. The molecule has 1 aliphatic carbocycles. The Balaban J connectivity index is 1.73. The molecule has 0 radical (unpaired) electrons. The summed E-state index contributed by atoms with van der Waals surface area (Å²) in [5, 5.41) is 3.48. The van der Waals surface area contributed by atoms with Gasteiger partial charge in [-0.05, 0) is 44.8 Å². The highest BCUT2D eigenvalue weighted by Gasteiger charge is 2.28. The standard InChI is InChI=1S/C13H26N2/c1-3-12-10-15(8-6-11-4-5-11)9-7-13(12)14-2/h11-14H,3-10H2,1-2H3. The first-order chi connectivity index (χ1) is 7.33. The van der Waals surface area contributed by atoms with Gasteiger partial charge in [0.25, 0.3) is 0 Å². The second-order valence-electron chi connectivity index (χ2n) is 5.38. The van der Waals surface area contributed by atoms with Gasteiger partial charge in [0.2, 0.25) is 0 Å². The summed E-state index contributed by atoms with van der Waals surface area (Å²) in [6, 6.07) is 0.771. The lowest BCUT2D eigenvalue weighted by atomic mass is 9.90. The molecule has 2 unspecified atom stereocenters. The highest BCUT2D eigenvalue weighted by Crippen LogP contribution is 2.33. The van der Waals surface area contributed by atoms with Crippen LogP contribution in [-0.4, -0.2) is 37.6 Å². The highest BCUT2D eigenvalue weighted by molar-refractivity contribution is 4.84. The number of hydrogen-bond acceptors (Lipinski definition) is 2. The summed E-state index contributed by atoms with van der Waals surface area (Å²) < 4.78 is 0. The summed E-state index contributed by atoms with van der Waals surface area (Å²) in [6.45, 7) is 6.33. The Hall–Kier alpha value is -0.0800. The van der Waals surface area contributed by atoms with Crippen molar-refractivity contribution in [2.75, 3.05) is 26.7 Å².